The van der Waals surface area contributed by atoms with Gasteiger partial charge in [-0.1, -0.05) is 18.2 Å². The van der Waals surface area contributed by atoms with E-state index in [9.17, 15) is 9.59 Å². The number of carbonyl (C=O) groups excluding carboxylic acids is 2. The second-order valence-corrected chi connectivity index (χ2v) is 9.16. The van der Waals surface area contributed by atoms with E-state index in [-0.39, 0.29) is 17.5 Å². The van der Waals surface area contributed by atoms with Crippen molar-refractivity contribution in [3.63, 3.8) is 0 Å². The van der Waals surface area contributed by atoms with E-state index in [4.69, 9.17) is 4.74 Å². The number of rotatable bonds is 3. The summed E-state index contributed by atoms with van der Waals surface area (Å²) in [6, 6.07) is 8.48. The number of para-hydroxylation sites is 1. The molecule has 1 aromatic carbocycles. The van der Waals surface area contributed by atoms with Crippen molar-refractivity contribution < 1.29 is 14.3 Å². The molecule has 4 rings (SSSR count). The van der Waals surface area contributed by atoms with E-state index in [1.165, 1.54) is 5.56 Å². The molecule has 164 valence electrons. The fourth-order valence-corrected chi connectivity index (χ4v) is 5.36. The minimum atomic E-state index is -0.175. The highest BCUT2D eigenvalue weighted by atomic mass is 16.6. The highest BCUT2D eigenvalue weighted by Crippen LogP contribution is 2.47. The smallest absolute Gasteiger partial charge is 0.409 e. The molecule has 7 nitrogen and oxygen atoms in total. The molecule has 3 amide bonds. The van der Waals surface area contributed by atoms with E-state index in [0.29, 0.717) is 12.5 Å². The molecule has 3 heterocycles. The molecule has 1 unspecified atom stereocenters. The summed E-state index contributed by atoms with van der Waals surface area (Å²) in [6.45, 7) is 7.77. The first-order valence-corrected chi connectivity index (χ1v) is 11.2. The molecule has 2 saturated heterocycles. The van der Waals surface area contributed by atoms with E-state index in [1.807, 2.05) is 36.9 Å². The summed E-state index contributed by atoms with van der Waals surface area (Å²) in [5, 5.41) is 0. The molecule has 7 heteroatoms. The summed E-state index contributed by atoms with van der Waals surface area (Å²) in [5.41, 5.74) is 2.46. The van der Waals surface area contributed by atoms with Gasteiger partial charge in [-0.3, -0.25) is 4.90 Å². The minimum absolute atomic E-state index is 0.0609. The Labute approximate surface area is 179 Å². The molecular formula is C23H34N4O3. The van der Waals surface area contributed by atoms with Crippen molar-refractivity contribution in [2.24, 2.45) is 5.92 Å². The average Bonchev–Trinajstić information content (AvgIpc) is 3.33. The summed E-state index contributed by atoms with van der Waals surface area (Å²) in [7, 11) is 3.64. The number of carbonyl (C=O) groups is 2. The van der Waals surface area contributed by atoms with Gasteiger partial charge in [-0.25, -0.2) is 9.59 Å². The summed E-state index contributed by atoms with van der Waals surface area (Å²) in [6.07, 6.45) is 3.00. The van der Waals surface area contributed by atoms with Crippen molar-refractivity contribution in [2.75, 3.05) is 64.9 Å². The van der Waals surface area contributed by atoms with Crippen molar-refractivity contribution in [3.8, 4) is 0 Å². The Morgan fingerprint density at radius 2 is 1.90 bits per heavy atom. The first kappa shape index (κ1) is 21.0. The van der Waals surface area contributed by atoms with Gasteiger partial charge in [0.25, 0.3) is 0 Å². The Kier molecular flexibility index (Phi) is 5.91. The Bertz CT molecular complexity index is 788. The van der Waals surface area contributed by atoms with Gasteiger partial charge in [-0.15, -0.1) is 0 Å². The van der Waals surface area contributed by atoms with Gasteiger partial charge in [-0.05, 0) is 56.8 Å². The number of hydrogen-bond acceptors (Lipinski definition) is 4. The van der Waals surface area contributed by atoms with E-state index in [2.05, 4.69) is 23.1 Å². The molecule has 0 radical (unpaired) electrons. The third kappa shape index (κ3) is 3.87. The first-order valence-electron chi connectivity index (χ1n) is 11.2. The molecule has 2 fully saturated rings. The van der Waals surface area contributed by atoms with Crippen LogP contribution in [-0.2, 0) is 10.2 Å². The second-order valence-electron chi connectivity index (χ2n) is 9.16. The van der Waals surface area contributed by atoms with Crippen LogP contribution in [0.3, 0.4) is 0 Å². The standard InChI is InChI=1S/C23H34N4O3/c1-4-30-22(29)26-12-9-18(16-26)15-25-13-10-23(11-14-25)17-27(21(28)24(2)3)20-8-6-5-7-19(20)23/h5-8,18H,4,9-17H2,1-3H3. The van der Waals surface area contributed by atoms with Gasteiger partial charge in [0.05, 0.1) is 6.61 Å². The molecule has 3 aliphatic rings. The summed E-state index contributed by atoms with van der Waals surface area (Å²) in [4.78, 5) is 32.7. The highest BCUT2D eigenvalue weighted by Gasteiger charge is 2.46. The maximum Gasteiger partial charge on any atom is 0.409 e. The normalized spacial score (nSPS) is 23.0. The van der Waals surface area contributed by atoms with E-state index in [0.717, 1.165) is 64.2 Å². The van der Waals surface area contributed by atoms with Gasteiger partial charge in [0, 0.05) is 51.4 Å². The van der Waals surface area contributed by atoms with E-state index >= 15 is 0 Å². The molecule has 0 aromatic heterocycles. The number of ether oxygens (including phenoxy) is 1. The number of hydrogen-bond donors (Lipinski definition) is 0. The molecule has 0 bridgehead atoms. The zero-order valence-electron chi connectivity index (χ0n) is 18.5. The van der Waals surface area contributed by atoms with Crippen LogP contribution in [0.4, 0.5) is 15.3 Å². The van der Waals surface area contributed by atoms with Gasteiger partial charge in [-0.2, -0.15) is 0 Å². The molecule has 1 aromatic rings. The molecule has 0 aliphatic carbocycles. The Hall–Kier alpha value is -2.28. The van der Waals surface area contributed by atoms with Crippen LogP contribution in [-0.4, -0.2) is 86.8 Å². The lowest BCUT2D eigenvalue weighted by Crippen LogP contribution is -2.48. The van der Waals surface area contributed by atoms with Crippen LogP contribution in [0.15, 0.2) is 24.3 Å². The predicted octanol–water partition coefficient (Wildman–Crippen LogP) is 3.00. The SMILES string of the molecule is CCOC(=O)N1CCC(CN2CCC3(CC2)CN(C(=O)N(C)C)c2ccccc23)C1. The van der Waals surface area contributed by atoms with Crippen molar-refractivity contribution in [1.82, 2.24) is 14.7 Å². The van der Waals surface area contributed by atoms with E-state index < -0.39 is 0 Å². The number of amides is 3. The second kappa shape index (κ2) is 8.46. The summed E-state index contributed by atoms with van der Waals surface area (Å²) >= 11 is 0. The maximum absolute atomic E-state index is 12.8. The summed E-state index contributed by atoms with van der Waals surface area (Å²) < 4.78 is 5.14. The van der Waals surface area contributed by atoms with Gasteiger partial charge in [0.1, 0.15) is 0 Å². The van der Waals surface area contributed by atoms with Crippen molar-refractivity contribution in [3.05, 3.63) is 29.8 Å². The molecule has 30 heavy (non-hydrogen) atoms. The minimum Gasteiger partial charge on any atom is -0.450 e. The van der Waals surface area contributed by atoms with Crippen LogP contribution < -0.4 is 4.90 Å². The molecule has 0 N–H and O–H groups in total. The molecule has 1 spiro atoms. The fraction of sp³-hybridized carbons (Fsp3) is 0.652. The van der Waals surface area contributed by atoms with Crippen LogP contribution in [0.5, 0.6) is 0 Å². The van der Waals surface area contributed by atoms with E-state index in [1.54, 1.807) is 4.90 Å². The van der Waals surface area contributed by atoms with Crippen LogP contribution in [0.25, 0.3) is 0 Å². The lowest BCUT2D eigenvalue weighted by atomic mass is 9.74. The van der Waals surface area contributed by atoms with Crippen LogP contribution in [0.2, 0.25) is 0 Å². The number of fused-ring (bicyclic) bond motifs is 2. The van der Waals surface area contributed by atoms with Gasteiger partial charge >= 0.3 is 12.1 Å². The number of nitrogens with zero attached hydrogens (tertiary/aromatic N) is 4. The lowest BCUT2D eigenvalue weighted by molar-refractivity contribution is 0.111. The molecule has 1 atom stereocenters. The zero-order valence-corrected chi connectivity index (χ0v) is 18.5. The van der Waals surface area contributed by atoms with Gasteiger partial charge < -0.3 is 19.4 Å². The van der Waals surface area contributed by atoms with Crippen LogP contribution in [0, 0.1) is 5.92 Å². The highest BCUT2D eigenvalue weighted by molar-refractivity contribution is 5.95. The number of likely N-dealkylation sites (tertiary alicyclic amines) is 2. The third-order valence-corrected chi connectivity index (χ3v) is 6.98. The van der Waals surface area contributed by atoms with Crippen LogP contribution in [0.1, 0.15) is 31.7 Å². The largest absolute Gasteiger partial charge is 0.450 e. The fourth-order valence-electron chi connectivity index (χ4n) is 5.36. The Morgan fingerprint density at radius 1 is 1.17 bits per heavy atom. The topological polar surface area (TPSA) is 56.3 Å². The predicted molar refractivity (Wildman–Crippen MR) is 117 cm³/mol. The number of urea groups is 1. The first-order chi connectivity index (χ1) is 14.4. The third-order valence-electron chi connectivity index (χ3n) is 6.98. The Balaban J connectivity index is 1.37. The zero-order chi connectivity index (χ0) is 21.3. The quantitative estimate of drug-likeness (QED) is 0.763. The maximum atomic E-state index is 12.8. The number of anilines is 1. The Morgan fingerprint density at radius 3 is 2.60 bits per heavy atom. The van der Waals surface area contributed by atoms with Gasteiger partial charge in [0.15, 0.2) is 0 Å². The average molecular weight is 415 g/mol. The number of piperidine rings is 1. The van der Waals surface area contributed by atoms with Gasteiger partial charge in [0.2, 0.25) is 0 Å². The number of benzene rings is 1. The lowest BCUT2D eigenvalue weighted by Gasteiger charge is -2.40. The molecule has 0 saturated carbocycles. The van der Waals surface area contributed by atoms with Crippen LogP contribution >= 0.6 is 0 Å². The molecular weight excluding hydrogens is 380 g/mol. The molecule has 3 aliphatic heterocycles. The monoisotopic (exact) mass is 414 g/mol. The van der Waals surface area contributed by atoms with Crippen molar-refractivity contribution in [1.29, 1.82) is 0 Å². The van der Waals surface area contributed by atoms with Crippen molar-refractivity contribution in [2.45, 2.75) is 31.6 Å². The van der Waals surface area contributed by atoms with Crippen molar-refractivity contribution >= 4 is 17.8 Å². The summed E-state index contributed by atoms with van der Waals surface area (Å²) in [5.74, 6) is 0.520.